The van der Waals surface area contributed by atoms with Gasteiger partial charge in [0.1, 0.15) is 0 Å². The summed E-state index contributed by atoms with van der Waals surface area (Å²) in [6, 6.07) is 4.97. The largest absolute Gasteiger partial charge is 0.383 e. The van der Waals surface area contributed by atoms with Crippen LogP contribution >= 0.6 is 11.6 Å². The molecule has 0 aromatic heterocycles. The topological polar surface area (TPSA) is 70.2 Å². The summed E-state index contributed by atoms with van der Waals surface area (Å²) in [7, 11) is -3.28. The molecule has 5 nitrogen and oxygen atoms in total. The fourth-order valence-corrected chi connectivity index (χ4v) is 2.31. The van der Waals surface area contributed by atoms with Gasteiger partial charge in [-0.05, 0) is 39.0 Å². The molecule has 0 saturated carbocycles. The first kappa shape index (κ1) is 17.1. The maximum Gasteiger partial charge on any atom is 0.229 e. The van der Waals surface area contributed by atoms with Crippen molar-refractivity contribution in [3.05, 3.63) is 23.2 Å². The van der Waals surface area contributed by atoms with Crippen LogP contribution in [0.4, 0.5) is 11.4 Å². The first-order chi connectivity index (χ1) is 9.07. The van der Waals surface area contributed by atoms with E-state index in [0.29, 0.717) is 22.9 Å². The summed E-state index contributed by atoms with van der Waals surface area (Å²) < 4.78 is 24.8. The van der Waals surface area contributed by atoms with Crippen LogP contribution in [0.2, 0.25) is 5.02 Å². The second-order valence-electron chi connectivity index (χ2n) is 5.67. The van der Waals surface area contributed by atoms with Gasteiger partial charge in [0.2, 0.25) is 10.0 Å². The quantitative estimate of drug-likeness (QED) is 0.705. The zero-order valence-electron chi connectivity index (χ0n) is 12.2. The third kappa shape index (κ3) is 6.98. The van der Waals surface area contributed by atoms with Crippen molar-refractivity contribution in [1.82, 2.24) is 5.32 Å². The van der Waals surface area contributed by atoms with Crippen molar-refractivity contribution in [3.63, 3.8) is 0 Å². The molecule has 1 rings (SSSR count). The smallest absolute Gasteiger partial charge is 0.229 e. The highest BCUT2D eigenvalue weighted by atomic mass is 35.5. The van der Waals surface area contributed by atoms with Gasteiger partial charge in [-0.3, -0.25) is 4.72 Å². The predicted octanol–water partition coefficient (Wildman–Crippen LogP) is 2.51. The van der Waals surface area contributed by atoms with Crippen LogP contribution in [0.25, 0.3) is 0 Å². The SMILES string of the molecule is CC(C)(C)NCCNc1cc(NS(C)(=O)=O)ccc1Cl. The van der Waals surface area contributed by atoms with Gasteiger partial charge in [-0.25, -0.2) is 8.42 Å². The molecule has 0 aliphatic rings. The summed E-state index contributed by atoms with van der Waals surface area (Å²) in [6.45, 7) is 7.76. The van der Waals surface area contributed by atoms with Crippen LogP contribution in [0.3, 0.4) is 0 Å². The Morgan fingerprint density at radius 2 is 1.85 bits per heavy atom. The van der Waals surface area contributed by atoms with E-state index >= 15 is 0 Å². The number of rotatable bonds is 6. The van der Waals surface area contributed by atoms with Gasteiger partial charge in [-0.2, -0.15) is 0 Å². The average Bonchev–Trinajstić information content (AvgIpc) is 2.25. The lowest BCUT2D eigenvalue weighted by molar-refractivity contribution is 0.435. The summed E-state index contributed by atoms with van der Waals surface area (Å²) in [4.78, 5) is 0. The Kier molecular flexibility index (Phi) is 5.68. The lowest BCUT2D eigenvalue weighted by atomic mass is 10.1. The minimum absolute atomic E-state index is 0.0607. The molecule has 0 aliphatic carbocycles. The molecule has 0 bridgehead atoms. The van der Waals surface area contributed by atoms with E-state index < -0.39 is 10.0 Å². The van der Waals surface area contributed by atoms with Crippen molar-refractivity contribution in [2.45, 2.75) is 26.3 Å². The van der Waals surface area contributed by atoms with Crippen LogP contribution in [0.15, 0.2) is 18.2 Å². The van der Waals surface area contributed by atoms with E-state index in [9.17, 15) is 8.42 Å². The number of halogens is 1. The number of anilines is 2. The summed E-state index contributed by atoms with van der Waals surface area (Å²) in [6.07, 6.45) is 1.11. The van der Waals surface area contributed by atoms with Crippen LogP contribution in [-0.4, -0.2) is 33.3 Å². The Labute approximate surface area is 126 Å². The molecule has 0 unspecified atom stereocenters. The highest BCUT2D eigenvalue weighted by Gasteiger charge is 2.08. The predicted molar refractivity (Wildman–Crippen MR) is 86.2 cm³/mol. The molecular formula is C13H22ClN3O2S. The molecule has 0 spiro atoms. The minimum Gasteiger partial charge on any atom is -0.383 e. The molecule has 7 heteroatoms. The number of hydrogen-bond donors (Lipinski definition) is 3. The fourth-order valence-electron chi connectivity index (χ4n) is 1.57. The normalized spacial score (nSPS) is 12.2. The van der Waals surface area contributed by atoms with Crippen LogP contribution in [0.1, 0.15) is 20.8 Å². The van der Waals surface area contributed by atoms with Gasteiger partial charge in [0.15, 0.2) is 0 Å². The maximum atomic E-state index is 11.2. The fraction of sp³-hybridized carbons (Fsp3) is 0.538. The van der Waals surface area contributed by atoms with Crippen molar-refractivity contribution in [3.8, 4) is 0 Å². The van der Waals surface area contributed by atoms with Gasteiger partial charge < -0.3 is 10.6 Å². The minimum atomic E-state index is -3.28. The lowest BCUT2D eigenvalue weighted by Gasteiger charge is -2.21. The molecule has 20 heavy (non-hydrogen) atoms. The van der Waals surface area contributed by atoms with E-state index in [-0.39, 0.29) is 5.54 Å². The zero-order chi connectivity index (χ0) is 15.4. The Morgan fingerprint density at radius 3 is 2.40 bits per heavy atom. The molecule has 1 aromatic carbocycles. The highest BCUT2D eigenvalue weighted by Crippen LogP contribution is 2.25. The number of benzene rings is 1. The van der Waals surface area contributed by atoms with Gasteiger partial charge in [0.05, 0.1) is 22.7 Å². The van der Waals surface area contributed by atoms with Gasteiger partial charge in [-0.1, -0.05) is 11.6 Å². The molecular weight excluding hydrogens is 298 g/mol. The lowest BCUT2D eigenvalue weighted by Crippen LogP contribution is -2.38. The standard InChI is InChI=1S/C13H22ClN3O2S/c1-13(2,3)16-8-7-15-12-9-10(5-6-11(12)14)17-20(4,18)19/h5-6,9,15-17H,7-8H2,1-4H3. The Hall–Kier alpha value is -0.980. The van der Waals surface area contributed by atoms with Crippen LogP contribution < -0.4 is 15.4 Å². The van der Waals surface area contributed by atoms with Gasteiger partial charge in [-0.15, -0.1) is 0 Å². The van der Waals surface area contributed by atoms with Crippen molar-refractivity contribution < 1.29 is 8.42 Å². The van der Waals surface area contributed by atoms with E-state index in [1.807, 2.05) is 0 Å². The second-order valence-corrected chi connectivity index (χ2v) is 7.83. The summed E-state index contributed by atoms with van der Waals surface area (Å²) in [5.74, 6) is 0. The van der Waals surface area contributed by atoms with E-state index in [4.69, 9.17) is 11.6 Å². The van der Waals surface area contributed by atoms with Crippen LogP contribution in [-0.2, 0) is 10.0 Å². The average molecular weight is 320 g/mol. The van der Waals surface area contributed by atoms with Crippen molar-refractivity contribution >= 4 is 33.0 Å². The van der Waals surface area contributed by atoms with Crippen molar-refractivity contribution in [1.29, 1.82) is 0 Å². The monoisotopic (exact) mass is 319 g/mol. The first-order valence-corrected chi connectivity index (χ1v) is 8.60. The third-order valence-corrected chi connectivity index (χ3v) is 3.30. The Morgan fingerprint density at radius 1 is 1.20 bits per heavy atom. The molecule has 0 amide bonds. The van der Waals surface area contributed by atoms with E-state index in [0.717, 1.165) is 12.8 Å². The van der Waals surface area contributed by atoms with Crippen molar-refractivity contribution in [2.75, 3.05) is 29.4 Å². The van der Waals surface area contributed by atoms with Gasteiger partial charge in [0.25, 0.3) is 0 Å². The molecule has 0 heterocycles. The number of nitrogens with one attached hydrogen (secondary N) is 3. The highest BCUT2D eigenvalue weighted by molar-refractivity contribution is 7.92. The Bertz CT molecular complexity index is 553. The maximum absolute atomic E-state index is 11.2. The first-order valence-electron chi connectivity index (χ1n) is 6.33. The molecule has 0 atom stereocenters. The molecule has 0 fully saturated rings. The summed E-state index contributed by atoms with van der Waals surface area (Å²) in [5, 5.41) is 7.09. The molecule has 114 valence electrons. The Balaban J connectivity index is 2.63. The molecule has 0 radical (unpaired) electrons. The van der Waals surface area contributed by atoms with E-state index in [1.165, 1.54) is 0 Å². The van der Waals surface area contributed by atoms with Gasteiger partial charge in [0, 0.05) is 18.6 Å². The molecule has 0 saturated heterocycles. The van der Waals surface area contributed by atoms with Crippen molar-refractivity contribution in [2.24, 2.45) is 0 Å². The summed E-state index contributed by atoms with van der Waals surface area (Å²) >= 11 is 6.08. The van der Waals surface area contributed by atoms with E-state index in [1.54, 1.807) is 18.2 Å². The van der Waals surface area contributed by atoms with Crippen LogP contribution in [0.5, 0.6) is 0 Å². The molecule has 0 aliphatic heterocycles. The second kappa shape index (κ2) is 6.65. The van der Waals surface area contributed by atoms with E-state index in [2.05, 4.69) is 36.1 Å². The molecule has 1 aromatic rings. The van der Waals surface area contributed by atoms with Crippen LogP contribution in [0, 0.1) is 0 Å². The number of hydrogen-bond acceptors (Lipinski definition) is 4. The third-order valence-electron chi connectivity index (χ3n) is 2.37. The van der Waals surface area contributed by atoms with Gasteiger partial charge >= 0.3 is 0 Å². The zero-order valence-corrected chi connectivity index (χ0v) is 13.8. The number of sulfonamides is 1. The molecule has 3 N–H and O–H groups in total. The summed E-state index contributed by atoms with van der Waals surface area (Å²) in [5.41, 5.74) is 1.25.